The number of hydrogen-bond donors (Lipinski definition) is 1. The molecule has 1 N–H and O–H groups in total. The molecule has 31 heavy (non-hydrogen) atoms. The SMILES string of the molecule is COC(=O)c1ccc(NC(=O)Cn2c(=O)n(-c3ccccc3)c(=O)c3sccc32)cc1. The van der Waals surface area contributed by atoms with E-state index in [9.17, 15) is 19.2 Å². The third-order valence-electron chi connectivity index (χ3n) is 4.66. The van der Waals surface area contributed by atoms with Crippen LogP contribution < -0.4 is 16.6 Å². The number of rotatable bonds is 5. The molecule has 0 atom stereocenters. The lowest BCUT2D eigenvalue weighted by Gasteiger charge is -2.12. The molecule has 0 fully saturated rings. The first-order valence-corrected chi connectivity index (χ1v) is 10.1. The highest BCUT2D eigenvalue weighted by atomic mass is 32.1. The van der Waals surface area contributed by atoms with E-state index in [-0.39, 0.29) is 6.54 Å². The molecule has 2 aromatic carbocycles. The third kappa shape index (κ3) is 3.90. The summed E-state index contributed by atoms with van der Waals surface area (Å²) in [6.45, 7) is -0.280. The Bertz CT molecular complexity index is 1380. The molecule has 4 aromatic rings. The molecule has 0 aliphatic heterocycles. The first-order chi connectivity index (χ1) is 15.0. The van der Waals surface area contributed by atoms with Crippen LogP contribution in [0.5, 0.6) is 0 Å². The van der Waals surface area contributed by atoms with Crippen LogP contribution in [0, 0.1) is 0 Å². The van der Waals surface area contributed by atoms with E-state index in [1.165, 1.54) is 35.1 Å². The number of carbonyl (C=O) groups excluding carboxylic acids is 2. The van der Waals surface area contributed by atoms with Gasteiger partial charge >= 0.3 is 11.7 Å². The Hall–Kier alpha value is -3.98. The third-order valence-corrected chi connectivity index (χ3v) is 5.55. The molecule has 8 nitrogen and oxygen atoms in total. The Kier molecular flexibility index (Phi) is 5.50. The minimum atomic E-state index is -0.599. The number of para-hydroxylation sites is 1. The van der Waals surface area contributed by atoms with E-state index in [0.29, 0.717) is 27.2 Å². The van der Waals surface area contributed by atoms with Gasteiger partial charge in [0.2, 0.25) is 5.91 Å². The van der Waals surface area contributed by atoms with Crippen LogP contribution in [-0.2, 0) is 16.1 Å². The molecule has 1 amide bonds. The van der Waals surface area contributed by atoms with Gasteiger partial charge in [-0.05, 0) is 47.8 Å². The monoisotopic (exact) mass is 435 g/mol. The number of hydrogen-bond acceptors (Lipinski definition) is 6. The average Bonchev–Trinajstić information content (AvgIpc) is 3.28. The number of carbonyl (C=O) groups is 2. The number of nitrogens with one attached hydrogen (secondary N) is 1. The Labute approximate surface area is 179 Å². The molecule has 0 aliphatic rings. The summed E-state index contributed by atoms with van der Waals surface area (Å²) in [6.07, 6.45) is 0. The lowest BCUT2D eigenvalue weighted by Crippen LogP contribution is -2.40. The van der Waals surface area contributed by atoms with E-state index in [0.717, 1.165) is 4.57 Å². The summed E-state index contributed by atoms with van der Waals surface area (Å²) in [6, 6.07) is 16.4. The van der Waals surface area contributed by atoms with Crippen molar-refractivity contribution in [3.8, 4) is 5.69 Å². The average molecular weight is 435 g/mol. The Morgan fingerprint density at radius 3 is 2.39 bits per heavy atom. The van der Waals surface area contributed by atoms with Crippen LogP contribution in [-0.4, -0.2) is 28.1 Å². The van der Waals surface area contributed by atoms with Crippen LogP contribution in [0.15, 0.2) is 75.6 Å². The highest BCUT2D eigenvalue weighted by Gasteiger charge is 2.17. The minimum absolute atomic E-state index is 0.280. The fourth-order valence-electron chi connectivity index (χ4n) is 3.20. The van der Waals surface area contributed by atoms with Gasteiger partial charge in [0.25, 0.3) is 5.56 Å². The molecule has 2 heterocycles. The predicted molar refractivity (Wildman–Crippen MR) is 118 cm³/mol. The summed E-state index contributed by atoms with van der Waals surface area (Å²) >= 11 is 1.21. The van der Waals surface area contributed by atoms with Crippen molar-refractivity contribution in [2.45, 2.75) is 6.54 Å². The lowest BCUT2D eigenvalue weighted by molar-refractivity contribution is -0.116. The molecule has 0 spiro atoms. The van der Waals surface area contributed by atoms with Crippen molar-refractivity contribution in [1.29, 1.82) is 0 Å². The number of nitrogens with zero attached hydrogens (tertiary/aromatic N) is 2. The number of benzene rings is 2. The van der Waals surface area contributed by atoms with Crippen LogP contribution in [0.25, 0.3) is 15.9 Å². The molecule has 4 rings (SSSR count). The molecule has 0 aliphatic carbocycles. The van der Waals surface area contributed by atoms with Crippen LogP contribution in [0.1, 0.15) is 10.4 Å². The van der Waals surface area contributed by atoms with Gasteiger partial charge in [-0.25, -0.2) is 14.2 Å². The highest BCUT2D eigenvalue weighted by Crippen LogP contribution is 2.17. The number of amides is 1. The van der Waals surface area contributed by atoms with Gasteiger partial charge in [-0.2, -0.15) is 0 Å². The number of aromatic nitrogens is 2. The van der Waals surface area contributed by atoms with Gasteiger partial charge in [-0.15, -0.1) is 11.3 Å². The smallest absolute Gasteiger partial charge is 0.337 e. The number of thiophene rings is 1. The van der Waals surface area contributed by atoms with Gasteiger partial charge in [0.1, 0.15) is 11.2 Å². The maximum Gasteiger partial charge on any atom is 0.337 e. The molecule has 0 saturated heterocycles. The number of ether oxygens (including phenoxy) is 1. The zero-order valence-corrected chi connectivity index (χ0v) is 17.2. The summed E-state index contributed by atoms with van der Waals surface area (Å²) in [5.74, 6) is -0.925. The lowest BCUT2D eigenvalue weighted by atomic mass is 10.2. The topological polar surface area (TPSA) is 99.4 Å². The van der Waals surface area contributed by atoms with E-state index < -0.39 is 23.1 Å². The van der Waals surface area contributed by atoms with Crippen LogP contribution >= 0.6 is 11.3 Å². The van der Waals surface area contributed by atoms with Crippen LogP contribution in [0.3, 0.4) is 0 Å². The molecule has 2 aromatic heterocycles. The van der Waals surface area contributed by atoms with Crippen molar-refractivity contribution in [2.75, 3.05) is 12.4 Å². The summed E-state index contributed by atoms with van der Waals surface area (Å²) in [5.41, 5.74) is 0.633. The number of anilines is 1. The standard InChI is InChI=1S/C22H17N3O5S/c1-30-21(28)14-7-9-15(10-8-14)23-18(26)13-24-17-11-12-31-19(17)20(27)25(22(24)29)16-5-3-2-4-6-16/h2-12H,13H2,1H3,(H,23,26). The fourth-order valence-corrected chi connectivity index (χ4v) is 4.02. The Balaban J connectivity index is 1.68. The number of fused-ring (bicyclic) bond motifs is 1. The summed E-state index contributed by atoms with van der Waals surface area (Å²) in [5, 5.41) is 4.41. The second kappa shape index (κ2) is 8.41. The van der Waals surface area contributed by atoms with Gasteiger partial charge in [-0.1, -0.05) is 18.2 Å². The van der Waals surface area contributed by atoms with Gasteiger partial charge in [-0.3, -0.25) is 14.2 Å². The van der Waals surface area contributed by atoms with Crippen molar-refractivity contribution in [2.24, 2.45) is 0 Å². The first kappa shape index (κ1) is 20.3. The maximum absolute atomic E-state index is 13.1. The Morgan fingerprint density at radius 1 is 1.00 bits per heavy atom. The fraction of sp³-hybridized carbons (Fsp3) is 0.0909. The zero-order chi connectivity index (χ0) is 22.0. The van der Waals surface area contributed by atoms with Crippen molar-refractivity contribution in [3.63, 3.8) is 0 Å². The first-order valence-electron chi connectivity index (χ1n) is 9.26. The van der Waals surface area contributed by atoms with Gasteiger partial charge < -0.3 is 10.1 Å². The number of esters is 1. The molecule has 0 bridgehead atoms. The maximum atomic E-state index is 13.1. The van der Waals surface area contributed by atoms with E-state index >= 15 is 0 Å². The predicted octanol–water partition coefficient (Wildman–Crippen LogP) is 2.64. The quantitative estimate of drug-likeness (QED) is 0.486. The molecule has 156 valence electrons. The molecule has 9 heteroatoms. The van der Waals surface area contributed by atoms with E-state index in [2.05, 4.69) is 10.1 Å². The second-order valence-electron chi connectivity index (χ2n) is 6.60. The minimum Gasteiger partial charge on any atom is -0.465 e. The van der Waals surface area contributed by atoms with Gasteiger partial charge in [0.05, 0.1) is 23.9 Å². The van der Waals surface area contributed by atoms with Crippen LogP contribution in [0.2, 0.25) is 0 Å². The normalized spacial score (nSPS) is 10.7. The van der Waals surface area contributed by atoms with Crippen molar-refractivity contribution < 1.29 is 14.3 Å². The van der Waals surface area contributed by atoms with Crippen LogP contribution in [0.4, 0.5) is 5.69 Å². The number of methoxy groups -OCH3 is 1. The van der Waals surface area contributed by atoms with E-state index in [4.69, 9.17) is 0 Å². The van der Waals surface area contributed by atoms with E-state index in [1.807, 2.05) is 0 Å². The van der Waals surface area contributed by atoms with Crippen molar-refractivity contribution >= 4 is 39.1 Å². The molecular formula is C22H17N3O5S. The van der Waals surface area contributed by atoms with Gasteiger partial charge in [0, 0.05) is 5.69 Å². The summed E-state index contributed by atoms with van der Waals surface area (Å²) < 4.78 is 7.38. The zero-order valence-electron chi connectivity index (χ0n) is 16.4. The molecule has 0 unspecified atom stereocenters. The van der Waals surface area contributed by atoms with E-state index in [1.54, 1.807) is 53.9 Å². The summed E-state index contributed by atoms with van der Waals surface area (Å²) in [4.78, 5) is 50.2. The molecular weight excluding hydrogens is 418 g/mol. The Morgan fingerprint density at radius 2 is 1.71 bits per heavy atom. The highest BCUT2D eigenvalue weighted by molar-refractivity contribution is 7.17. The second-order valence-corrected chi connectivity index (χ2v) is 7.51. The van der Waals surface area contributed by atoms with Crippen molar-refractivity contribution in [3.05, 3.63) is 92.4 Å². The molecule has 0 saturated carbocycles. The summed E-state index contributed by atoms with van der Waals surface area (Å²) in [7, 11) is 1.29. The largest absolute Gasteiger partial charge is 0.465 e. The van der Waals surface area contributed by atoms with Gasteiger partial charge in [0.15, 0.2) is 0 Å². The van der Waals surface area contributed by atoms with Crippen molar-refractivity contribution in [1.82, 2.24) is 9.13 Å². The molecule has 0 radical (unpaired) electrons.